The molecule has 0 aromatic heterocycles. The molecule has 2 amide bonds. The Bertz CT molecular complexity index is 561. The summed E-state index contributed by atoms with van der Waals surface area (Å²) in [6.45, 7) is 1.70. The predicted octanol–water partition coefficient (Wildman–Crippen LogP) is 2.33. The lowest BCUT2D eigenvalue weighted by Gasteiger charge is -2.30. The molecule has 0 unspecified atom stereocenters. The van der Waals surface area contributed by atoms with Crippen LogP contribution in [0.15, 0.2) is 24.3 Å². The number of amides is 2. The van der Waals surface area contributed by atoms with Gasteiger partial charge in [0, 0.05) is 13.1 Å². The fraction of sp³-hybridized carbons (Fsp3) is 0.500. The Morgan fingerprint density at radius 1 is 1.23 bits per heavy atom. The molecule has 0 radical (unpaired) electrons. The van der Waals surface area contributed by atoms with Crippen LogP contribution < -0.4 is 0 Å². The minimum absolute atomic E-state index is 0.0334. The highest BCUT2D eigenvalue weighted by Crippen LogP contribution is 2.32. The summed E-state index contributed by atoms with van der Waals surface area (Å²) in [6.07, 6.45) is 2.11. The number of hydrogen-bond acceptors (Lipinski definition) is 3. The number of hydrogen-bond donors (Lipinski definition) is 0. The first-order chi connectivity index (χ1) is 10.6. The molecule has 22 heavy (non-hydrogen) atoms. The van der Waals surface area contributed by atoms with Gasteiger partial charge >= 0.3 is 6.09 Å². The van der Waals surface area contributed by atoms with Gasteiger partial charge in [-0.15, -0.1) is 0 Å². The molecular weight excluding hydrogens is 287 g/mol. The molecule has 2 aliphatic heterocycles. The molecule has 0 N–H and O–H groups in total. The molecule has 6 heteroatoms. The summed E-state index contributed by atoms with van der Waals surface area (Å²) in [4.78, 5) is 27.4. The van der Waals surface area contributed by atoms with E-state index in [4.69, 9.17) is 4.74 Å². The fourth-order valence-electron chi connectivity index (χ4n) is 3.09. The summed E-state index contributed by atoms with van der Waals surface area (Å²) in [6, 6.07) is 6.24. The van der Waals surface area contributed by atoms with Crippen molar-refractivity contribution >= 4 is 12.0 Å². The highest BCUT2D eigenvalue weighted by molar-refractivity contribution is 5.83. The number of rotatable bonds is 3. The maximum absolute atomic E-state index is 13.0. The number of cyclic esters (lactones) is 1. The van der Waals surface area contributed by atoms with Crippen molar-refractivity contribution in [1.82, 2.24) is 9.80 Å². The molecule has 118 valence electrons. The molecule has 0 spiro atoms. The average molecular weight is 306 g/mol. The van der Waals surface area contributed by atoms with E-state index in [1.54, 1.807) is 17.0 Å². The second-order valence-electron chi connectivity index (χ2n) is 5.69. The van der Waals surface area contributed by atoms with Crippen molar-refractivity contribution in [3.05, 3.63) is 35.6 Å². The van der Waals surface area contributed by atoms with Crippen molar-refractivity contribution in [3.63, 3.8) is 0 Å². The van der Waals surface area contributed by atoms with E-state index in [-0.39, 0.29) is 24.3 Å². The van der Waals surface area contributed by atoms with Crippen molar-refractivity contribution in [3.8, 4) is 0 Å². The van der Waals surface area contributed by atoms with E-state index in [1.165, 1.54) is 17.0 Å². The lowest BCUT2D eigenvalue weighted by atomic mass is 10.0. The summed E-state index contributed by atoms with van der Waals surface area (Å²) < 4.78 is 18.0. The van der Waals surface area contributed by atoms with Crippen LogP contribution in [-0.2, 0) is 9.53 Å². The van der Waals surface area contributed by atoms with Crippen molar-refractivity contribution in [2.45, 2.75) is 25.3 Å². The molecule has 0 bridgehead atoms. The SMILES string of the molecule is O=C1OCCCN1CC(=O)N1CCC[C@H]1c1ccc(F)cc1. The summed E-state index contributed by atoms with van der Waals surface area (Å²) in [5.74, 6) is -0.360. The lowest BCUT2D eigenvalue weighted by molar-refractivity contribution is -0.133. The second-order valence-corrected chi connectivity index (χ2v) is 5.69. The summed E-state index contributed by atoms with van der Waals surface area (Å²) in [5, 5.41) is 0. The molecule has 2 heterocycles. The van der Waals surface area contributed by atoms with E-state index < -0.39 is 6.09 Å². The van der Waals surface area contributed by atoms with E-state index >= 15 is 0 Å². The molecular formula is C16H19FN2O3. The van der Waals surface area contributed by atoms with Gasteiger partial charge in [0.2, 0.25) is 5.91 Å². The Hall–Kier alpha value is -2.11. The fourth-order valence-corrected chi connectivity index (χ4v) is 3.09. The molecule has 2 fully saturated rings. The Morgan fingerprint density at radius 3 is 2.73 bits per heavy atom. The molecule has 2 aliphatic rings. The lowest BCUT2D eigenvalue weighted by Crippen LogP contribution is -2.45. The van der Waals surface area contributed by atoms with Gasteiger partial charge in [-0.2, -0.15) is 0 Å². The minimum atomic E-state index is -0.419. The third-order valence-corrected chi connectivity index (χ3v) is 4.21. The highest BCUT2D eigenvalue weighted by atomic mass is 19.1. The van der Waals surface area contributed by atoms with Crippen LogP contribution in [0.25, 0.3) is 0 Å². The third-order valence-electron chi connectivity index (χ3n) is 4.21. The number of nitrogens with zero attached hydrogens (tertiary/aromatic N) is 2. The van der Waals surface area contributed by atoms with Gasteiger partial charge < -0.3 is 9.64 Å². The molecule has 0 aliphatic carbocycles. The Labute approximate surface area is 128 Å². The van der Waals surface area contributed by atoms with Gasteiger partial charge in [-0.3, -0.25) is 9.69 Å². The van der Waals surface area contributed by atoms with Crippen molar-refractivity contribution < 1.29 is 18.7 Å². The number of likely N-dealkylation sites (tertiary alicyclic amines) is 1. The van der Waals surface area contributed by atoms with Crippen LogP contribution in [0.1, 0.15) is 30.9 Å². The van der Waals surface area contributed by atoms with Crippen LogP contribution >= 0.6 is 0 Å². The van der Waals surface area contributed by atoms with Gasteiger partial charge in [-0.25, -0.2) is 9.18 Å². The van der Waals surface area contributed by atoms with E-state index in [9.17, 15) is 14.0 Å². The zero-order valence-corrected chi connectivity index (χ0v) is 12.3. The monoisotopic (exact) mass is 306 g/mol. The van der Waals surface area contributed by atoms with E-state index in [0.29, 0.717) is 19.7 Å². The summed E-state index contributed by atoms with van der Waals surface area (Å²) in [7, 11) is 0. The van der Waals surface area contributed by atoms with E-state index in [0.717, 1.165) is 24.8 Å². The van der Waals surface area contributed by atoms with Crippen LogP contribution in [0.4, 0.5) is 9.18 Å². The van der Waals surface area contributed by atoms with Gasteiger partial charge in [0.1, 0.15) is 12.4 Å². The predicted molar refractivity (Wildman–Crippen MR) is 77.6 cm³/mol. The van der Waals surface area contributed by atoms with E-state index in [1.807, 2.05) is 0 Å². The Morgan fingerprint density at radius 2 is 2.00 bits per heavy atom. The standard InChI is InChI=1S/C16H19FN2O3/c17-13-6-4-12(5-7-13)14-3-1-9-19(14)15(20)11-18-8-2-10-22-16(18)21/h4-7,14H,1-3,8-11H2/t14-/m0/s1. The molecule has 5 nitrogen and oxygen atoms in total. The average Bonchev–Trinajstić information content (AvgIpc) is 3.00. The summed E-state index contributed by atoms with van der Waals surface area (Å²) in [5.41, 5.74) is 0.938. The topological polar surface area (TPSA) is 49.9 Å². The van der Waals surface area contributed by atoms with Crippen LogP contribution in [0, 0.1) is 5.82 Å². The number of benzene rings is 1. The zero-order valence-electron chi connectivity index (χ0n) is 12.3. The number of halogens is 1. The largest absolute Gasteiger partial charge is 0.449 e. The number of carbonyl (C=O) groups excluding carboxylic acids is 2. The Kier molecular flexibility index (Phi) is 4.27. The molecule has 1 aromatic carbocycles. The Balaban J connectivity index is 1.68. The molecule has 1 atom stereocenters. The molecule has 3 rings (SSSR count). The first kappa shape index (κ1) is 14.8. The van der Waals surface area contributed by atoms with Crippen molar-refractivity contribution in [2.75, 3.05) is 26.2 Å². The van der Waals surface area contributed by atoms with Crippen LogP contribution in [0.3, 0.4) is 0 Å². The normalized spacial score (nSPS) is 21.9. The van der Waals surface area contributed by atoms with Gasteiger partial charge in [0.15, 0.2) is 0 Å². The maximum atomic E-state index is 13.0. The summed E-state index contributed by atoms with van der Waals surface area (Å²) >= 11 is 0. The smallest absolute Gasteiger partial charge is 0.410 e. The second kappa shape index (κ2) is 6.34. The van der Waals surface area contributed by atoms with Gasteiger partial charge in [0.25, 0.3) is 0 Å². The van der Waals surface area contributed by atoms with Gasteiger partial charge in [-0.1, -0.05) is 12.1 Å². The van der Waals surface area contributed by atoms with E-state index in [2.05, 4.69) is 0 Å². The quantitative estimate of drug-likeness (QED) is 0.861. The van der Waals surface area contributed by atoms with Gasteiger partial charge in [0.05, 0.1) is 12.6 Å². The maximum Gasteiger partial charge on any atom is 0.410 e. The molecule has 1 aromatic rings. The third kappa shape index (κ3) is 3.05. The molecule has 0 saturated carbocycles. The first-order valence-corrected chi connectivity index (χ1v) is 7.62. The highest BCUT2D eigenvalue weighted by Gasteiger charge is 2.32. The first-order valence-electron chi connectivity index (χ1n) is 7.62. The van der Waals surface area contributed by atoms with Crippen LogP contribution in [0.2, 0.25) is 0 Å². The van der Waals surface area contributed by atoms with Crippen molar-refractivity contribution in [2.24, 2.45) is 0 Å². The van der Waals surface area contributed by atoms with Gasteiger partial charge in [-0.05, 0) is 37.0 Å². The zero-order chi connectivity index (χ0) is 15.5. The van der Waals surface area contributed by atoms with Crippen LogP contribution in [-0.4, -0.2) is 48.0 Å². The number of carbonyl (C=O) groups is 2. The number of ether oxygens (including phenoxy) is 1. The van der Waals surface area contributed by atoms with Crippen molar-refractivity contribution in [1.29, 1.82) is 0 Å². The molecule has 2 saturated heterocycles. The minimum Gasteiger partial charge on any atom is -0.449 e. The van der Waals surface area contributed by atoms with Crippen LogP contribution in [0.5, 0.6) is 0 Å².